The highest BCUT2D eigenvalue weighted by atomic mass is 19.3. The standard InChI is InChI=1S/C20H23F2NO6/c1-12(10-16(21)22)7-8-13(2)18(25)17-15(24)11-14(29-19(17)26)6-4-3-5-9-23-20(27)28/h5,7-9,11,16,23-24H,3-4,6,10H2,1-2H3,(H,27,28)/b9-5+,12-7+,13-8+. The Labute approximate surface area is 166 Å². The molecule has 0 aliphatic heterocycles. The minimum absolute atomic E-state index is 0.0880. The number of rotatable bonds is 10. The molecule has 3 N–H and O–H groups in total. The topological polar surface area (TPSA) is 117 Å². The van der Waals surface area contributed by atoms with Crippen molar-refractivity contribution < 1.29 is 33.0 Å². The van der Waals surface area contributed by atoms with E-state index in [2.05, 4.69) is 5.32 Å². The van der Waals surface area contributed by atoms with Crippen molar-refractivity contribution >= 4 is 11.9 Å². The van der Waals surface area contributed by atoms with Crippen LogP contribution in [0.15, 0.2) is 50.9 Å². The molecule has 158 valence electrons. The smallest absolute Gasteiger partial charge is 0.408 e. The molecule has 0 aliphatic carbocycles. The molecule has 9 heteroatoms. The number of unbranched alkanes of at least 4 members (excludes halogenated alkanes) is 1. The minimum Gasteiger partial charge on any atom is -0.507 e. The van der Waals surface area contributed by atoms with Crippen LogP contribution in [0.4, 0.5) is 13.6 Å². The van der Waals surface area contributed by atoms with Gasteiger partial charge in [0.25, 0.3) is 0 Å². The van der Waals surface area contributed by atoms with E-state index in [4.69, 9.17) is 9.52 Å². The lowest BCUT2D eigenvalue weighted by Crippen LogP contribution is -2.16. The molecule has 1 aromatic heterocycles. The van der Waals surface area contributed by atoms with Gasteiger partial charge in [0, 0.05) is 25.1 Å². The maximum atomic E-state index is 12.4. The van der Waals surface area contributed by atoms with E-state index in [1.165, 1.54) is 38.3 Å². The summed E-state index contributed by atoms with van der Waals surface area (Å²) >= 11 is 0. The number of nitrogens with one attached hydrogen (secondary N) is 1. The molecule has 0 unspecified atom stereocenters. The predicted octanol–water partition coefficient (Wildman–Crippen LogP) is 4.18. The lowest BCUT2D eigenvalue weighted by atomic mass is 10.0. The van der Waals surface area contributed by atoms with Crippen LogP contribution in [0.3, 0.4) is 0 Å². The molecule has 0 saturated carbocycles. The van der Waals surface area contributed by atoms with Crippen LogP contribution in [0.5, 0.6) is 5.75 Å². The predicted molar refractivity (Wildman–Crippen MR) is 102 cm³/mol. The summed E-state index contributed by atoms with van der Waals surface area (Å²) < 4.78 is 29.7. The Bertz CT molecular complexity index is 883. The molecule has 0 aromatic carbocycles. The first kappa shape index (κ1) is 23.8. The highest BCUT2D eigenvalue weighted by Crippen LogP contribution is 2.20. The molecular formula is C20H23F2NO6. The summed E-state index contributed by atoms with van der Waals surface area (Å²) in [7, 11) is 0. The fourth-order valence-corrected chi connectivity index (χ4v) is 2.32. The van der Waals surface area contributed by atoms with Gasteiger partial charge in [-0.15, -0.1) is 0 Å². The fourth-order valence-electron chi connectivity index (χ4n) is 2.32. The van der Waals surface area contributed by atoms with Crippen molar-refractivity contribution in [3.8, 4) is 5.75 Å². The molecule has 0 fully saturated rings. The number of alkyl halides is 2. The number of amides is 1. The van der Waals surface area contributed by atoms with Crippen LogP contribution < -0.4 is 10.9 Å². The Morgan fingerprint density at radius 1 is 1.28 bits per heavy atom. The van der Waals surface area contributed by atoms with Gasteiger partial charge in [-0.05, 0) is 32.3 Å². The van der Waals surface area contributed by atoms with Gasteiger partial charge in [0.05, 0.1) is 0 Å². The van der Waals surface area contributed by atoms with E-state index >= 15 is 0 Å². The lowest BCUT2D eigenvalue weighted by Gasteiger charge is -2.05. The number of halogens is 2. The number of allylic oxidation sites excluding steroid dienone is 5. The van der Waals surface area contributed by atoms with Gasteiger partial charge in [-0.1, -0.05) is 23.8 Å². The van der Waals surface area contributed by atoms with E-state index in [1.54, 1.807) is 6.08 Å². The molecule has 0 atom stereocenters. The summed E-state index contributed by atoms with van der Waals surface area (Å²) in [6.45, 7) is 2.90. The van der Waals surface area contributed by atoms with Crippen LogP contribution in [-0.2, 0) is 6.42 Å². The van der Waals surface area contributed by atoms with Crippen molar-refractivity contribution in [2.45, 2.75) is 46.0 Å². The van der Waals surface area contributed by atoms with Crippen molar-refractivity contribution in [3.05, 3.63) is 63.4 Å². The fraction of sp³-hybridized carbons (Fsp3) is 0.350. The quantitative estimate of drug-likeness (QED) is 0.230. The van der Waals surface area contributed by atoms with Gasteiger partial charge >= 0.3 is 11.7 Å². The highest BCUT2D eigenvalue weighted by molar-refractivity contribution is 6.09. The number of ketones is 1. The van der Waals surface area contributed by atoms with E-state index in [0.717, 1.165) is 0 Å². The van der Waals surface area contributed by atoms with Crippen LogP contribution in [0.1, 0.15) is 49.2 Å². The summed E-state index contributed by atoms with van der Waals surface area (Å²) in [6.07, 6.45) is 2.72. The molecule has 29 heavy (non-hydrogen) atoms. The zero-order valence-corrected chi connectivity index (χ0v) is 16.1. The third-order valence-corrected chi connectivity index (χ3v) is 3.78. The molecule has 0 saturated heterocycles. The second kappa shape index (κ2) is 11.6. The van der Waals surface area contributed by atoms with Crippen LogP contribution in [-0.4, -0.2) is 28.5 Å². The Hall–Kier alpha value is -3.23. The van der Waals surface area contributed by atoms with Crippen LogP contribution >= 0.6 is 0 Å². The SMILES string of the molecule is C/C(=C\C=C(/C)C(=O)c1c(O)cc(CCC/C=C/NC(=O)O)oc1=O)CC(F)F. The Morgan fingerprint density at radius 3 is 2.55 bits per heavy atom. The molecule has 7 nitrogen and oxygen atoms in total. The molecule has 0 radical (unpaired) electrons. The number of hydrogen-bond acceptors (Lipinski definition) is 5. The first-order valence-electron chi connectivity index (χ1n) is 8.79. The lowest BCUT2D eigenvalue weighted by molar-refractivity contribution is 0.102. The molecule has 0 spiro atoms. The molecule has 1 amide bonds. The summed E-state index contributed by atoms with van der Waals surface area (Å²) in [5.74, 6) is -1.10. The second-order valence-electron chi connectivity index (χ2n) is 6.29. The first-order valence-corrected chi connectivity index (χ1v) is 8.79. The summed E-state index contributed by atoms with van der Waals surface area (Å²) in [5.41, 5.74) is -1.06. The molecule has 1 aromatic rings. The Balaban J connectivity index is 2.83. The number of hydrogen-bond donors (Lipinski definition) is 3. The van der Waals surface area contributed by atoms with Crippen molar-refractivity contribution in [3.63, 3.8) is 0 Å². The van der Waals surface area contributed by atoms with Crippen LogP contribution in [0.2, 0.25) is 0 Å². The summed E-state index contributed by atoms with van der Waals surface area (Å²) in [6, 6.07) is 1.18. The average Bonchev–Trinajstić information content (AvgIpc) is 2.61. The average molecular weight is 411 g/mol. The summed E-state index contributed by atoms with van der Waals surface area (Å²) in [4.78, 5) is 34.8. The monoisotopic (exact) mass is 411 g/mol. The van der Waals surface area contributed by atoms with Crippen molar-refractivity contribution in [1.82, 2.24) is 5.32 Å². The molecule has 1 heterocycles. The Kier molecular flexibility index (Phi) is 9.50. The van der Waals surface area contributed by atoms with E-state index in [0.29, 0.717) is 24.8 Å². The third kappa shape index (κ3) is 8.54. The second-order valence-corrected chi connectivity index (χ2v) is 6.29. The van der Waals surface area contributed by atoms with Gasteiger partial charge in [0.2, 0.25) is 6.43 Å². The van der Waals surface area contributed by atoms with Crippen molar-refractivity contribution in [1.29, 1.82) is 0 Å². The molecule has 0 aliphatic rings. The zero-order valence-electron chi connectivity index (χ0n) is 16.1. The third-order valence-electron chi connectivity index (χ3n) is 3.78. The van der Waals surface area contributed by atoms with Gasteiger partial charge < -0.3 is 14.6 Å². The van der Waals surface area contributed by atoms with E-state index in [1.807, 2.05) is 0 Å². The first-order chi connectivity index (χ1) is 13.6. The van der Waals surface area contributed by atoms with E-state index < -0.39 is 41.7 Å². The van der Waals surface area contributed by atoms with Crippen molar-refractivity contribution in [2.24, 2.45) is 0 Å². The molecule has 1 rings (SSSR count). The van der Waals surface area contributed by atoms with E-state index in [9.17, 15) is 28.3 Å². The number of aryl methyl sites for hydroxylation is 1. The van der Waals surface area contributed by atoms with Gasteiger partial charge in [0.1, 0.15) is 17.1 Å². The zero-order chi connectivity index (χ0) is 22.0. The van der Waals surface area contributed by atoms with Gasteiger partial charge in [-0.2, -0.15) is 0 Å². The molecule has 0 bridgehead atoms. The minimum atomic E-state index is -2.50. The van der Waals surface area contributed by atoms with Gasteiger partial charge in [-0.3, -0.25) is 10.1 Å². The van der Waals surface area contributed by atoms with Crippen LogP contribution in [0, 0.1) is 0 Å². The van der Waals surface area contributed by atoms with E-state index in [-0.39, 0.29) is 11.3 Å². The molecular weight excluding hydrogens is 388 g/mol. The number of carbonyl (C=O) groups is 2. The number of carboxylic acid groups (broad SMARTS) is 1. The van der Waals surface area contributed by atoms with Crippen LogP contribution in [0.25, 0.3) is 0 Å². The number of carbonyl (C=O) groups excluding carboxylic acids is 1. The normalized spacial score (nSPS) is 12.6. The number of Topliss-reactive ketones (excluding diaryl/α,β-unsaturated/α-hetero) is 1. The Morgan fingerprint density at radius 2 is 1.97 bits per heavy atom. The van der Waals surface area contributed by atoms with Crippen molar-refractivity contribution in [2.75, 3.05) is 0 Å². The summed E-state index contributed by atoms with van der Waals surface area (Å²) in [5, 5.41) is 20.5. The maximum Gasteiger partial charge on any atom is 0.408 e. The van der Waals surface area contributed by atoms with Gasteiger partial charge in [-0.25, -0.2) is 18.4 Å². The highest BCUT2D eigenvalue weighted by Gasteiger charge is 2.20. The van der Waals surface area contributed by atoms with Gasteiger partial charge in [0.15, 0.2) is 5.78 Å². The largest absolute Gasteiger partial charge is 0.507 e. The maximum absolute atomic E-state index is 12.4. The number of aromatic hydroxyl groups is 1.